The van der Waals surface area contributed by atoms with Gasteiger partial charge in [-0.05, 0) is 214 Å². The number of rotatable bonds is 63. The number of allylic oxidation sites excluding steroid dienone is 32. The van der Waals surface area contributed by atoms with Crippen LogP contribution in [0.5, 0.6) is 0 Å². The Morgan fingerprint density at radius 2 is 0.479 bits per heavy atom. The van der Waals surface area contributed by atoms with Crippen molar-refractivity contribution >= 4 is 112 Å². The average Bonchev–Trinajstić information content (AvgIpc) is 0.945. The molecule has 0 amide bonds. The Kier molecular flexibility index (Phi) is 132. The highest BCUT2D eigenvalue weighted by Gasteiger charge is 2.26. The molecule has 1 aliphatic heterocycles. The second-order valence-electron chi connectivity index (χ2n) is 28.1. The maximum absolute atomic E-state index is 12.2. The number of aliphatic carboxylic acids is 1. The van der Waals surface area contributed by atoms with Crippen LogP contribution in [-0.2, 0) is 158 Å². The Morgan fingerprint density at radius 1 is 0.308 bits per heavy atom. The minimum Gasteiger partial charge on any atom is -0.481 e. The highest BCUT2D eigenvalue weighted by molar-refractivity contribution is 7.55. The number of hydrogen-bond acceptors (Lipinski definition) is 35. The molecule has 0 aromatic carbocycles. The number of hydrogen-bond donors (Lipinski definition) is 2. The maximum atomic E-state index is 12.2. The van der Waals surface area contributed by atoms with Crippen LogP contribution in [0, 0.1) is 0 Å². The van der Waals surface area contributed by atoms with E-state index in [9.17, 15) is 51.8 Å². The Balaban J connectivity index is -0.000000155. The van der Waals surface area contributed by atoms with Crippen molar-refractivity contribution in [3.63, 3.8) is 0 Å². The molecule has 1 aliphatic rings. The number of carbonyl (C=O) groups is 8. The van der Waals surface area contributed by atoms with E-state index in [-0.39, 0.29) is 55.6 Å². The lowest BCUT2D eigenvalue weighted by molar-refractivity contribution is -0.154. The van der Waals surface area contributed by atoms with Crippen molar-refractivity contribution in [2.24, 2.45) is 0 Å². The molecule has 0 bridgehead atoms. The molecule has 43 heteroatoms. The first kappa shape index (κ1) is 162. The number of halogens is 2. The van der Waals surface area contributed by atoms with Crippen molar-refractivity contribution < 1.29 is 169 Å². The summed E-state index contributed by atoms with van der Waals surface area (Å²) in [5, 5.41) is 15.9. The number of methoxy groups -OCH3 is 10. The number of ether oxygens (including phenoxy) is 11. The topological polar surface area (TPSA) is 448 Å². The van der Waals surface area contributed by atoms with Crippen molar-refractivity contribution in [1.82, 2.24) is 0 Å². The molecule has 0 spiro atoms. The van der Waals surface area contributed by atoms with Crippen molar-refractivity contribution in [1.29, 1.82) is 0 Å². The zero-order valence-corrected chi connectivity index (χ0v) is 98.8. The van der Waals surface area contributed by atoms with Gasteiger partial charge in [-0.25, -0.2) is 0 Å². The van der Waals surface area contributed by atoms with Gasteiger partial charge in [-0.3, -0.25) is 56.6 Å². The number of aliphatic hydroxyl groups is 1. The zero-order chi connectivity index (χ0) is 114. The molecule has 36 nitrogen and oxygen atoms in total. The summed E-state index contributed by atoms with van der Waals surface area (Å²) in [6, 6.07) is 0. The lowest BCUT2D eigenvalue weighted by atomic mass is 10.2. The Bertz CT molecular complexity index is 3510. The van der Waals surface area contributed by atoms with E-state index in [0.717, 1.165) is 86.4 Å². The number of carboxylic acid groups (broad SMARTS) is 1. The number of carbonyl (C=O) groups excluding carboxylic acids is 7. The molecule has 0 aliphatic carbocycles. The third kappa shape index (κ3) is 115. The van der Waals surface area contributed by atoms with Gasteiger partial charge in [0.25, 0.3) is 5.97 Å². The molecule has 846 valence electrons. The van der Waals surface area contributed by atoms with Gasteiger partial charge in [0.15, 0.2) is 37.2 Å². The molecule has 1 rings (SSSR count). The molecule has 0 radical (unpaired) electrons. The van der Waals surface area contributed by atoms with E-state index in [4.69, 9.17) is 131 Å². The smallest absolute Gasteiger partial charge is 0.334 e. The van der Waals surface area contributed by atoms with Crippen molar-refractivity contribution in [3.05, 3.63) is 214 Å². The van der Waals surface area contributed by atoms with Gasteiger partial charge in [0.1, 0.15) is 37.7 Å². The SMILES string of the molecule is C/C(C=O)=C/C=C/C=C(/C)C=O.C/C(C=O)=C/C=C/C=C(\C)C=O.CC(=O)O.CCOP(=O)(C/C=C/CP(=O)(OCC)OCC)OCC.CCOP(=O)(C/C=C/CP(=O)(OCC)OCC)OCC.CCOP(OCC)OCC.COC(OC)/C(C)=C/C=C/C=C(\C)C(OC)OC.COC(OC)C(C)=C/C=C/C=C(C)C(OC)OC.COC(OC)C(C)=O.C\C(C=O)=C/C=C/C=C(\C)C=O.ClC/C=C/CCl.OC1CCCO1. The summed E-state index contributed by atoms with van der Waals surface area (Å²) in [4.78, 5) is 80.0. The predicted molar refractivity (Wildman–Crippen MR) is 587 cm³/mol. The second-order valence-corrected chi connectivity index (χ2v) is 38.3. The van der Waals surface area contributed by atoms with E-state index in [1.54, 1.807) is 251 Å². The van der Waals surface area contributed by atoms with Crippen molar-refractivity contribution in [2.75, 3.05) is 187 Å². The summed E-state index contributed by atoms with van der Waals surface area (Å²) in [7, 11) is 2.33. The molecule has 0 aromatic rings. The van der Waals surface area contributed by atoms with Crippen LogP contribution in [0.15, 0.2) is 214 Å². The molecule has 0 aromatic heterocycles. The quantitative estimate of drug-likeness (QED) is 0.0109. The van der Waals surface area contributed by atoms with Gasteiger partial charge in [0, 0.05) is 103 Å². The summed E-state index contributed by atoms with van der Waals surface area (Å²) < 4.78 is 160. The number of Topliss-reactive ketones (excluding diaryl/α,β-unsaturated/α-hetero) is 1. The van der Waals surface area contributed by atoms with Gasteiger partial charge >= 0.3 is 39.0 Å². The first-order chi connectivity index (χ1) is 69.3. The van der Waals surface area contributed by atoms with E-state index in [2.05, 4.69) is 9.47 Å². The fourth-order valence-corrected chi connectivity index (χ4v) is 16.0. The number of ketones is 1. The number of carboxylic acids is 1. The first-order valence-corrected chi connectivity index (χ1v) is 55.8. The van der Waals surface area contributed by atoms with E-state index in [1.807, 2.05) is 109 Å². The monoisotopic (exact) mass is 2220 g/mol. The van der Waals surface area contributed by atoms with Crippen LogP contribution in [0.25, 0.3) is 0 Å². The van der Waals surface area contributed by atoms with Crippen LogP contribution >= 0.6 is 62.2 Å². The highest BCUT2D eigenvalue weighted by atomic mass is 35.5. The summed E-state index contributed by atoms with van der Waals surface area (Å²) in [6.07, 6.45) is 50.8. The van der Waals surface area contributed by atoms with E-state index in [1.165, 1.54) is 21.1 Å². The predicted octanol–water partition coefficient (Wildman–Crippen LogP) is 23.7. The van der Waals surface area contributed by atoms with Gasteiger partial charge in [0.2, 0.25) is 6.29 Å². The van der Waals surface area contributed by atoms with E-state index < -0.39 is 57.5 Å². The van der Waals surface area contributed by atoms with Crippen LogP contribution in [-0.4, -0.2) is 284 Å². The van der Waals surface area contributed by atoms with Gasteiger partial charge < -0.3 is 112 Å². The highest BCUT2D eigenvalue weighted by Crippen LogP contribution is 2.51. The normalized spacial score (nSPS) is 13.8. The lowest BCUT2D eigenvalue weighted by Crippen LogP contribution is -2.21. The van der Waals surface area contributed by atoms with E-state index in [0.29, 0.717) is 118 Å². The Labute approximate surface area is 885 Å². The van der Waals surface area contributed by atoms with Gasteiger partial charge in [0.05, 0.1) is 97.3 Å². The largest absolute Gasteiger partial charge is 0.481 e. The van der Waals surface area contributed by atoms with Gasteiger partial charge in [-0.1, -0.05) is 158 Å². The van der Waals surface area contributed by atoms with Crippen molar-refractivity contribution in [3.8, 4) is 0 Å². The number of aldehydes is 6. The molecule has 0 saturated carbocycles. The van der Waals surface area contributed by atoms with Crippen LogP contribution in [0.1, 0.15) is 172 Å². The lowest BCUT2D eigenvalue weighted by Gasteiger charge is -2.16. The van der Waals surface area contributed by atoms with Gasteiger partial charge in [-0.2, -0.15) is 0 Å². The molecular weight excluding hydrogens is 2040 g/mol. The fraction of sp³-hybridized carbons (Fsp3) is 0.573. The minimum atomic E-state index is -3.09. The Morgan fingerprint density at radius 3 is 0.582 bits per heavy atom. The number of aliphatic hydroxyl groups excluding tert-OH is 1. The maximum Gasteiger partial charge on any atom is 0.334 e. The molecule has 2 N–H and O–H groups in total. The fourth-order valence-electron chi connectivity index (χ4n) is 9.00. The van der Waals surface area contributed by atoms with Crippen LogP contribution in [0.3, 0.4) is 0 Å². The van der Waals surface area contributed by atoms with Crippen LogP contribution in [0.4, 0.5) is 0 Å². The first-order valence-electron chi connectivity index (χ1n) is 46.7. The summed E-state index contributed by atoms with van der Waals surface area (Å²) in [5.41, 5.74) is 7.93. The van der Waals surface area contributed by atoms with Crippen LogP contribution < -0.4 is 0 Å². The molecule has 1 fully saturated rings. The third-order valence-electron chi connectivity index (χ3n) is 15.4. The molecular formula is C103H179Cl2O36P5. The van der Waals surface area contributed by atoms with E-state index >= 15 is 0 Å². The summed E-state index contributed by atoms with van der Waals surface area (Å²) >= 11 is 10.5. The minimum absolute atomic E-state index is 0.116. The summed E-state index contributed by atoms with van der Waals surface area (Å²) in [6.45, 7) is 45.7. The number of alkyl halides is 2. The zero-order valence-electron chi connectivity index (χ0n) is 92.8. The standard InChI is InChI=1S/2C14H24O4.2C12H26O6P2.3C10H12O2.C6H15O3P.C5H10O3.C4H6Cl2.C4H8O2.C2H4O2/c2*1-11(13(15-3)16-4)9-7-8-10-12(2)14(17-5)18-6;2*1-5-15-19(13,16-6-2)11-9-10-12-20(14,17-7-3)18-8-4;3*1-9(7-11)5-3-4-6-10(2)8-12;1-4-7-10(8-5-2)9-6-3;1-4(6)5(7-2)8-3;5-3-1-2-4-6;5-4-2-1-3-6-4;1-2(3)4/h2*7-10,13-14H,1-6H3;2*9-10H,5-8,11-12H2,1-4H3;3*3-8H,1-2H3;4-6H2,1-3H3;5H,1-3H3;1-2H,3-4H2;4-5H,1-3H2;1H3,(H,3,4)/b8-7+,11-9?,12-10?;8-7+,11-9+,12-10+;2*10-9+;4-3+,9-5+,10-6+;4-3+,9-5-,10-6+;4-3+,9-5-,10-6-;;;2-1+;;. The molecule has 146 heavy (non-hydrogen) atoms. The molecule has 1 atom stereocenters. The average molecular weight is 2220 g/mol. The molecule has 1 unspecified atom stereocenters. The van der Waals surface area contributed by atoms with Crippen LogP contribution in [0.2, 0.25) is 0 Å². The second kappa shape index (κ2) is 119. The van der Waals surface area contributed by atoms with Gasteiger partial charge in [-0.15, -0.1) is 23.2 Å². The Hall–Kier alpha value is -6.51. The summed E-state index contributed by atoms with van der Waals surface area (Å²) in [5.74, 6) is 0.175. The molecule has 1 saturated heterocycles. The molecule has 1 heterocycles. The third-order valence-corrected chi connectivity index (χ3v) is 25.0. The van der Waals surface area contributed by atoms with Crippen molar-refractivity contribution in [2.45, 2.75) is 210 Å².